The molecular weight excluding hydrogens is 417 g/mol. The fourth-order valence-corrected chi connectivity index (χ4v) is 5.70. The van der Waals surface area contributed by atoms with E-state index < -0.39 is 13.5 Å². The van der Waals surface area contributed by atoms with Crippen molar-refractivity contribution in [2.45, 2.75) is 27.7 Å². The normalized spacial score (nSPS) is 13.4. The first kappa shape index (κ1) is 22.5. The van der Waals surface area contributed by atoms with Crippen LogP contribution >= 0.6 is 30.5 Å². The van der Waals surface area contributed by atoms with Crippen LogP contribution < -0.4 is 9.97 Å². The number of carboxylic acid groups (broad SMARTS) is 1. The minimum atomic E-state index is -3.56. The molecule has 1 heterocycles. The van der Waals surface area contributed by atoms with Gasteiger partial charge in [0.25, 0.3) is 0 Å². The van der Waals surface area contributed by atoms with E-state index in [-0.39, 0.29) is 10.3 Å². The topological polar surface area (TPSA) is 66.8 Å². The summed E-state index contributed by atoms with van der Waals surface area (Å²) in [7, 11) is -0.649. The molecule has 0 aliphatic carbocycles. The fraction of sp³-hybridized carbons (Fsp3) is 0.350. The molecule has 0 aliphatic rings. The molecule has 150 valence electrons. The van der Waals surface area contributed by atoms with E-state index in [9.17, 15) is 14.5 Å². The standard InChI is InChI=1S/C20H23ClNO4PS/c1-13-11-14(21)7-8-17(13)27(25,26-6)22(5)16-12-15(9-10-20(2,3)4)28-18(16)19(23)24/h7-8,11-12H,1-6H3,(H,23,24). The second-order valence-corrected chi connectivity index (χ2v) is 11.3. The highest BCUT2D eigenvalue weighted by atomic mass is 35.5. The molecule has 1 N–H and O–H groups in total. The Balaban J connectivity index is 2.60. The lowest BCUT2D eigenvalue weighted by Crippen LogP contribution is -2.25. The summed E-state index contributed by atoms with van der Waals surface area (Å²) in [6.45, 7) is 7.70. The number of benzene rings is 1. The quantitative estimate of drug-likeness (QED) is 0.498. The number of hydrogen-bond acceptors (Lipinski definition) is 4. The Kier molecular flexibility index (Phi) is 6.68. The number of anilines is 1. The monoisotopic (exact) mass is 439 g/mol. The zero-order chi connectivity index (χ0) is 21.3. The van der Waals surface area contributed by atoms with Crippen molar-refractivity contribution in [3.63, 3.8) is 0 Å². The minimum Gasteiger partial charge on any atom is -0.477 e. The summed E-state index contributed by atoms with van der Waals surface area (Å²) >= 11 is 7.07. The van der Waals surface area contributed by atoms with Gasteiger partial charge in [-0.25, -0.2) is 4.79 Å². The van der Waals surface area contributed by atoms with E-state index in [2.05, 4.69) is 11.8 Å². The molecule has 0 spiro atoms. The Morgan fingerprint density at radius 2 is 1.96 bits per heavy atom. The Labute approximate surface area is 174 Å². The highest BCUT2D eigenvalue weighted by Gasteiger charge is 2.35. The van der Waals surface area contributed by atoms with Gasteiger partial charge in [0.05, 0.1) is 15.9 Å². The molecule has 0 saturated heterocycles. The van der Waals surface area contributed by atoms with Gasteiger partial charge in [0, 0.05) is 24.6 Å². The highest BCUT2D eigenvalue weighted by molar-refractivity contribution is 7.68. The second-order valence-electron chi connectivity index (χ2n) is 7.29. The van der Waals surface area contributed by atoms with Crippen molar-refractivity contribution in [1.29, 1.82) is 0 Å². The number of aromatic carboxylic acids is 1. The molecule has 0 aliphatic heterocycles. The van der Waals surface area contributed by atoms with Crippen molar-refractivity contribution in [3.05, 3.63) is 44.6 Å². The van der Waals surface area contributed by atoms with E-state index in [1.165, 1.54) is 11.8 Å². The molecule has 0 saturated carbocycles. The molecule has 1 aromatic heterocycles. The summed E-state index contributed by atoms with van der Waals surface area (Å²) in [5.41, 5.74) is 0.779. The number of hydrogen-bond donors (Lipinski definition) is 1. The Morgan fingerprint density at radius 3 is 2.46 bits per heavy atom. The van der Waals surface area contributed by atoms with Crippen molar-refractivity contribution in [3.8, 4) is 11.8 Å². The summed E-state index contributed by atoms with van der Waals surface area (Å²) in [6.07, 6.45) is 0. The SMILES string of the molecule is COP(=O)(c1ccc(Cl)cc1C)N(C)c1cc(C#CC(C)(C)C)sc1C(=O)O. The number of carboxylic acids is 1. The lowest BCUT2D eigenvalue weighted by Gasteiger charge is -2.29. The lowest BCUT2D eigenvalue weighted by molar-refractivity contribution is 0.0703. The average Bonchev–Trinajstić information content (AvgIpc) is 3.02. The number of aryl methyl sites for hydroxylation is 1. The molecule has 5 nitrogen and oxygen atoms in total. The molecule has 0 bridgehead atoms. The maximum atomic E-state index is 13.8. The van der Waals surface area contributed by atoms with Gasteiger partial charge in [-0.15, -0.1) is 11.3 Å². The molecule has 1 atom stereocenters. The first-order valence-electron chi connectivity index (χ1n) is 8.46. The van der Waals surface area contributed by atoms with Gasteiger partial charge in [-0.3, -0.25) is 9.24 Å². The summed E-state index contributed by atoms with van der Waals surface area (Å²) in [4.78, 5) is 12.4. The molecule has 1 aromatic carbocycles. The van der Waals surface area contributed by atoms with Gasteiger partial charge in [-0.05, 0) is 57.5 Å². The molecule has 2 aromatic rings. The maximum Gasteiger partial charge on any atom is 0.348 e. The van der Waals surface area contributed by atoms with Gasteiger partial charge < -0.3 is 9.63 Å². The molecule has 8 heteroatoms. The van der Waals surface area contributed by atoms with Gasteiger partial charge in [0.1, 0.15) is 4.88 Å². The van der Waals surface area contributed by atoms with Gasteiger partial charge >= 0.3 is 13.5 Å². The van der Waals surface area contributed by atoms with Crippen LogP contribution in [0, 0.1) is 24.2 Å². The van der Waals surface area contributed by atoms with Crippen LogP contribution in [0.3, 0.4) is 0 Å². The Morgan fingerprint density at radius 1 is 1.32 bits per heavy atom. The van der Waals surface area contributed by atoms with Crippen LogP contribution in [-0.2, 0) is 9.09 Å². The third-order valence-electron chi connectivity index (χ3n) is 3.92. The number of carbonyl (C=O) groups is 1. The predicted molar refractivity (Wildman–Crippen MR) is 116 cm³/mol. The summed E-state index contributed by atoms with van der Waals surface area (Å²) < 4.78 is 20.6. The molecule has 2 rings (SSSR count). The summed E-state index contributed by atoms with van der Waals surface area (Å²) in [5, 5.41) is 10.6. The molecule has 0 fully saturated rings. The van der Waals surface area contributed by atoms with E-state index in [0.29, 0.717) is 26.5 Å². The van der Waals surface area contributed by atoms with Gasteiger partial charge in [-0.2, -0.15) is 0 Å². The van der Waals surface area contributed by atoms with Crippen molar-refractivity contribution in [2.75, 3.05) is 18.8 Å². The predicted octanol–water partition coefficient (Wildman–Crippen LogP) is 5.41. The van der Waals surface area contributed by atoms with E-state index in [4.69, 9.17) is 16.1 Å². The third-order valence-corrected chi connectivity index (χ3v) is 7.80. The van der Waals surface area contributed by atoms with Crippen LogP contribution in [0.5, 0.6) is 0 Å². The zero-order valence-electron chi connectivity index (χ0n) is 16.7. The van der Waals surface area contributed by atoms with Crippen molar-refractivity contribution < 1.29 is 19.0 Å². The maximum absolute atomic E-state index is 13.8. The van der Waals surface area contributed by atoms with E-state index in [1.807, 2.05) is 20.8 Å². The minimum absolute atomic E-state index is 0.0598. The van der Waals surface area contributed by atoms with Crippen molar-refractivity contribution >= 4 is 47.4 Å². The van der Waals surface area contributed by atoms with E-state index in [1.54, 1.807) is 38.2 Å². The third kappa shape index (κ3) is 4.79. The van der Waals surface area contributed by atoms with Gasteiger partial charge in [0.2, 0.25) is 0 Å². The van der Waals surface area contributed by atoms with E-state index in [0.717, 1.165) is 11.3 Å². The molecular formula is C20H23ClNO4PS. The van der Waals surface area contributed by atoms with Gasteiger partial charge in [-0.1, -0.05) is 23.4 Å². The molecule has 0 amide bonds. The lowest BCUT2D eigenvalue weighted by atomic mass is 9.98. The van der Waals surface area contributed by atoms with Gasteiger partial charge in [0.15, 0.2) is 0 Å². The van der Waals surface area contributed by atoms with Crippen molar-refractivity contribution in [2.24, 2.45) is 5.41 Å². The van der Waals surface area contributed by atoms with Crippen LogP contribution in [0.15, 0.2) is 24.3 Å². The Bertz CT molecular complexity index is 1010. The van der Waals surface area contributed by atoms with Crippen LogP contribution in [0.4, 0.5) is 5.69 Å². The van der Waals surface area contributed by atoms with E-state index >= 15 is 0 Å². The first-order valence-corrected chi connectivity index (χ1v) is 11.2. The van der Waals surface area contributed by atoms with Crippen molar-refractivity contribution in [1.82, 2.24) is 0 Å². The smallest absolute Gasteiger partial charge is 0.348 e. The summed E-state index contributed by atoms with van der Waals surface area (Å²) in [6, 6.07) is 6.62. The fourth-order valence-electron chi connectivity index (χ4n) is 2.55. The summed E-state index contributed by atoms with van der Waals surface area (Å²) in [5.74, 6) is 5.00. The zero-order valence-corrected chi connectivity index (χ0v) is 19.1. The number of halogens is 1. The molecule has 1 unspecified atom stereocenters. The molecule has 0 radical (unpaired) electrons. The first-order chi connectivity index (χ1) is 12.9. The highest BCUT2D eigenvalue weighted by Crippen LogP contribution is 2.53. The molecule has 28 heavy (non-hydrogen) atoms. The Hall–Kier alpha value is -1.77. The second kappa shape index (κ2) is 8.31. The number of rotatable bonds is 5. The number of thiophene rings is 1. The van der Waals surface area contributed by atoms with Crippen LogP contribution in [0.2, 0.25) is 5.02 Å². The average molecular weight is 440 g/mol. The largest absolute Gasteiger partial charge is 0.477 e. The van der Waals surface area contributed by atoms with Crippen LogP contribution in [0.1, 0.15) is 40.9 Å². The van der Waals surface area contributed by atoms with Crippen LogP contribution in [-0.4, -0.2) is 25.2 Å². The number of nitrogens with zero attached hydrogens (tertiary/aromatic N) is 1. The van der Waals surface area contributed by atoms with Crippen LogP contribution in [0.25, 0.3) is 0 Å².